The third-order valence-corrected chi connectivity index (χ3v) is 4.64. The fourth-order valence-electron chi connectivity index (χ4n) is 2.81. The SMILES string of the molecule is CC(C)CC(=O)Cn1c(-c2ccc(F)c(Cl)c2)nc2cc(Br)ccc21. The highest BCUT2D eigenvalue weighted by atomic mass is 79.9. The lowest BCUT2D eigenvalue weighted by atomic mass is 10.1. The fraction of sp³-hybridized carbons (Fsp3) is 0.263. The highest BCUT2D eigenvalue weighted by molar-refractivity contribution is 9.10. The molecule has 3 rings (SSSR count). The molecular weight excluding hydrogens is 407 g/mol. The van der Waals surface area contributed by atoms with Crippen molar-refractivity contribution in [2.24, 2.45) is 5.92 Å². The lowest BCUT2D eigenvalue weighted by Gasteiger charge is -2.10. The van der Waals surface area contributed by atoms with E-state index in [4.69, 9.17) is 11.6 Å². The number of ketones is 1. The zero-order chi connectivity index (χ0) is 18.1. The van der Waals surface area contributed by atoms with Crippen molar-refractivity contribution in [1.29, 1.82) is 0 Å². The predicted molar refractivity (Wildman–Crippen MR) is 102 cm³/mol. The van der Waals surface area contributed by atoms with Crippen LogP contribution in [0.5, 0.6) is 0 Å². The van der Waals surface area contributed by atoms with Gasteiger partial charge in [0.05, 0.1) is 22.6 Å². The number of carbonyl (C=O) groups is 1. The van der Waals surface area contributed by atoms with E-state index in [2.05, 4.69) is 20.9 Å². The van der Waals surface area contributed by atoms with Crippen LogP contribution in [-0.4, -0.2) is 15.3 Å². The summed E-state index contributed by atoms with van der Waals surface area (Å²) in [5.41, 5.74) is 2.30. The number of halogens is 3. The summed E-state index contributed by atoms with van der Waals surface area (Å²) in [7, 11) is 0. The molecule has 0 atom stereocenters. The minimum absolute atomic E-state index is 0.0331. The summed E-state index contributed by atoms with van der Waals surface area (Å²) in [6.07, 6.45) is 0.500. The summed E-state index contributed by atoms with van der Waals surface area (Å²) in [6, 6.07) is 10.2. The molecule has 3 nitrogen and oxygen atoms in total. The van der Waals surface area contributed by atoms with E-state index in [0.29, 0.717) is 23.7 Å². The molecule has 0 unspecified atom stereocenters. The topological polar surface area (TPSA) is 34.9 Å². The molecule has 0 amide bonds. The molecule has 130 valence electrons. The van der Waals surface area contributed by atoms with E-state index in [9.17, 15) is 9.18 Å². The van der Waals surface area contributed by atoms with Gasteiger partial charge in [0.15, 0.2) is 5.78 Å². The summed E-state index contributed by atoms with van der Waals surface area (Å²) in [5, 5.41) is 0.0331. The summed E-state index contributed by atoms with van der Waals surface area (Å²) in [5.74, 6) is 0.547. The Hall–Kier alpha value is -1.72. The minimum atomic E-state index is -0.480. The Balaban J connectivity index is 2.14. The van der Waals surface area contributed by atoms with Crippen LogP contribution in [0.15, 0.2) is 40.9 Å². The van der Waals surface area contributed by atoms with E-state index in [0.717, 1.165) is 15.5 Å². The molecule has 0 aliphatic carbocycles. The Kier molecular flexibility index (Phi) is 5.25. The lowest BCUT2D eigenvalue weighted by Crippen LogP contribution is -2.13. The second-order valence-electron chi connectivity index (χ2n) is 6.42. The number of rotatable bonds is 5. The monoisotopic (exact) mass is 422 g/mol. The van der Waals surface area contributed by atoms with Gasteiger partial charge in [0, 0.05) is 16.5 Å². The Morgan fingerprint density at radius 1 is 1.28 bits per heavy atom. The van der Waals surface area contributed by atoms with Crippen LogP contribution in [0, 0.1) is 11.7 Å². The Morgan fingerprint density at radius 2 is 2.04 bits per heavy atom. The molecule has 0 aliphatic rings. The van der Waals surface area contributed by atoms with Crippen molar-refractivity contribution in [1.82, 2.24) is 9.55 Å². The van der Waals surface area contributed by atoms with Crippen LogP contribution >= 0.6 is 27.5 Å². The minimum Gasteiger partial charge on any atom is -0.316 e. The van der Waals surface area contributed by atoms with Crippen molar-refractivity contribution in [3.8, 4) is 11.4 Å². The van der Waals surface area contributed by atoms with Crippen LogP contribution in [0.4, 0.5) is 4.39 Å². The number of imidazole rings is 1. The Bertz CT molecular complexity index is 952. The van der Waals surface area contributed by atoms with E-state index < -0.39 is 5.82 Å². The molecule has 1 aromatic heterocycles. The number of carbonyl (C=O) groups excluding carboxylic acids is 1. The van der Waals surface area contributed by atoms with Crippen molar-refractivity contribution in [3.05, 3.63) is 51.7 Å². The molecule has 0 aliphatic heterocycles. The first-order valence-electron chi connectivity index (χ1n) is 7.98. The van der Waals surface area contributed by atoms with E-state index >= 15 is 0 Å². The molecule has 0 saturated carbocycles. The number of aromatic nitrogens is 2. The van der Waals surface area contributed by atoms with E-state index in [1.807, 2.05) is 36.6 Å². The van der Waals surface area contributed by atoms with Crippen LogP contribution in [0.2, 0.25) is 5.02 Å². The van der Waals surface area contributed by atoms with Gasteiger partial charge < -0.3 is 4.57 Å². The molecule has 1 heterocycles. The maximum Gasteiger partial charge on any atom is 0.152 e. The highest BCUT2D eigenvalue weighted by Crippen LogP contribution is 2.29. The van der Waals surface area contributed by atoms with Crippen LogP contribution in [-0.2, 0) is 11.3 Å². The maximum atomic E-state index is 13.5. The average Bonchev–Trinajstić information content (AvgIpc) is 2.87. The quantitative estimate of drug-likeness (QED) is 0.514. The molecule has 0 fully saturated rings. The third-order valence-electron chi connectivity index (χ3n) is 3.86. The van der Waals surface area contributed by atoms with Crippen LogP contribution < -0.4 is 0 Å². The molecule has 2 aromatic carbocycles. The Morgan fingerprint density at radius 3 is 2.72 bits per heavy atom. The average molecular weight is 424 g/mol. The molecule has 0 N–H and O–H groups in total. The van der Waals surface area contributed by atoms with Crippen molar-refractivity contribution in [2.45, 2.75) is 26.8 Å². The molecule has 0 bridgehead atoms. The number of hydrogen-bond donors (Lipinski definition) is 0. The van der Waals surface area contributed by atoms with Gasteiger partial charge in [-0.3, -0.25) is 4.79 Å². The summed E-state index contributed by atoms with van der Waals surface area (Å²) in [4.78, 5) is 17.0. The van der Waals surface area contributed by atoms with Crippen LogP contribution in [0.25, 0.3) is 22.4 Å². The molecule has 25 heavy (non-hydrogen) atoms. The molecule has 0 radical (unpaired) electrons. The van der Waals surface area contributed by atoms with Gasteiger partial charge in [0.25, 0.3) is 0 Å². The third kappa shape index (κ3) is 3.93. The van der Waals surface area contributed by atoms with E-state index in [-0.39, 0.29) is 17.4 Å². The van der Waals surface area contributed by atoms with Gasteiger partial charge >= 0.3 is 0 Å². The summed E-state index contributed by atoms with van der Waals surface area (Å²) >= 11 is 9.37. The van der Waals surface area contributed by atoms with Crippen LogP contribution in [0.1, 0.15) is 20.3 Å². The fourth-order valence-corrected chi connectivity index (χ4v) is 3.34. The highest BCUT2D eigenvalue weighted by Gasteiger charge is 2.17. The van der Waals surface area contributed by atoms with Crippen molar-refractivity contribution in [2.75, 3.05) is 0 Å². The Labute approximate surface area is 158 Å². The van der Waals surface area contributed by atoms with Gasteiger partial charge in [-0.2, -0.15) is 0 Å². The molecule has 3 aromatic rings. The smallest absolute Gasteiger partial charge is 0.152 e. The van der Waals surface area contributed by atoms with Gasteiger partial charge in [-0.05, 0) is 42.3 Å². The first kappa shape index (κ1) is 18.1. The van der Waals surface area contributed by atoms with Gasteiger partial charge in [0.1, 0.15) is 11.6 Å². The van der Waals surface area contributed by atoms with Crippen molar-refractivity contribution < 1.29 is 9.18 Å². The summed E-state index contributed by atoms with van der Waals surface area (Å²) in [6.45, 7) is 4.25. The predicted octanol–water partition coefficient (Wildman–Crippen LogP) is 5.87. The zero-order valence-corrected chi connectivity index (χ0v) is 16.2. The molecular formula is C19H17BrClFN2O. The van der Waals surface area contributed by atoms with E-state index in [1.54, 1.807) is 6.07 Å². The van der Waals surface area contributed by atoms with Gasteiger partial charge in [-0.25, -0.2) is 9.37 Å². The number of fused-ring (bicyclic) bond motifs is 1. The number of hydrogen-bond acceptors (Lipinski definition) is 2. The number of Topliss-reactive ketones (excluding diaryl/α,β-unsaturated/α-hetero) is 1. The standard InChI is InChI=1S/C19H17BrClFN2O/c1-11(2)7-14(25)10-24-18-6-4-13(20)9-17(18)23-19(24)12-3-5-16(22)15(21)8-12/h3-6,8-9,11H,7,10H2,1-2H3. The molecule has 6 heteroatoms. The second kappa shape index (κ2) is 7.26. The number of benzene rings is 2. The molecule has 0 saturated heterocycles. The van der Waals surface area contributed by atoms with Crippen molar-refractivity contribution >= 4 is 44.3 Å². The normalized spacial score (nSPS) is 11.4. The van der Waals surface area contributed by atoms with Crippen molar-refractivity contribution in [3.63, 3.8) is 0 Å². The second-order valence-corrected chi connectivity index (χ2v) is 7.74. The first-order chi connectivity index (χ1) is 11.8. The zero-order valence-electron chi connectivity index (χ0n) is 13.9. The lowest BCUT2D eigenvalue weighted by molar-refractivity contribution is -0.120. The molecule has 0 spiro atoms. The first-order valence-corrected chi connectivity index (χ1v) is 9.15. The van der Waals surface area contributed by atoms with Gasteiger partial charge in [-0.15, -0.1) is 0 Å². The summed E-state index contributed by atoms with van der Waals surface area (Å²) < 4.78 is 16.3. The maximum absolute atomic E-state index is 13.5. The largest absolute Gasteiger partial charge is 0.316 e. The van der Waals surface area contributed by atoms with Gasteiger partial charge in [-0.1, -0.05) is 41.4 Å². The van der Waals surface area contributed by atoms with E-state index in [1.165, 1.54) is 12.1 Å². The van der Waals surface area contributed by atoms with Crippen LogP contribution in [0.3, 0.4) is 0 Å². The van der Waals surface area contributed by atoms with Gasteiger partial charge in [0.2, 0.25) is 0 Å². The number of nitrogens with zero attached hydrogens (tertiary/aromatic N) is 2.